The van der Waals surface area contributed by atoms with Gasteiger partial charge in [0.1, 0.15) is 30.0 Å². The SMILES string of the molecule is CC[C@H]1OC(=O)[C@H](C)[C@@H](O[C@H]2C[C@@](C)(OC)[C@@H](O)[C@H](C)O2)[C@H](C)[C@@H](O[C@@H]2O[C@H](C)C[C@H](N(C)CCCCc3cn(Cc4ccc(S(N)(=O)=O)cc4)nn3)[C@H]2O)[C@](C)(O)C[C@@H](C)CN(C)[C@H](C)[C@@H](O)[C@]1(C)O. The molecule has 0 radical (unpaired) electrons. The first-order valence-electron chi connectivity index (χ1n) is 25.3. The monoisotopic (exact) mass is 1030 g/mol. The number of ether oxygens (including phenoxy) is 6. The van der Waals surface area contributed by atoms with Crippen LogP contribution in [0.25, 0.3) is 0 Å². The summed E-state index contributed by atoms with van der Waals surface area (Å²) in [5, 5.41) is 73.4. The Balaban J connectivity index is 1.38. The molecule has 7 N–H and O–H groups in total. The zero-order chi connectivity index (χ0) is 53.0. The van der Waals surface area contributed by atoms with Gasteiger partial charge in [-0.3, -0.25) is 4.79 Å². The van der Waals surface area contributed by atoms with E-state index in [4.69, 9.17) is 33.6 Å². The smallest absolute Gasteiger partial charge is 0.311 e. The van der Waals surface area contributed by atoms with E-state index in [2.05, 4.69) is 15.2 Å². The number of hydrogen-bond donors (Lipinski definition) is 6. The zero-order valence-electron chi connectivity index (χ0n) is 44.3. The van der Waals surface area contributed by atoms with E-state index in [1.807, 2.05) is 46.0 Å². The highest BCUT2D eigenvalue weighted by molar-refractivity contribution is 7.89. The molecule has 21 heteroatoms. The summed E-state index contributed by atoms with van der Waals surface area (Å²) in [5.41, 5.74) is -2.88. The van der Waals surface area contributed by atoms with Crippen molar-refractivity contribution in [3.8, 4) is 0 Å². The van der Waals surface area contributed by atoms with Crippen molar-refractivity contribution in [2.45, 2.75) is 216 Å². The maximum atomic E-state index is 14.5. The molecule has 3 fully saturated rings. The Hall–Kier alpha value is -2.74. The number of unbranched alkanes of at least 4 members (excludes halogenated alkanes) is 1. The Bertz CT molecular complexity index is 2110. The van der Waals surface area contributed by atoms with Crippen molar-refractivity contribution >= 4 is 16.0 Å². The first-order chi connectivity index (χ1) is 33.0. The average molecular weight is 1030 g/mol. The summed E-state index contributed by atoms with van der Waals surface area (Å²) in [6.45, 7) is 19.0. The van der Waals surface area contributed by atoms with Gasteiger partial charge in [0.15, 0.2) is 12.6 Å². The molecule has 3 saturated heterocycles. The summed E-state index contributed by atoms with van der Waals surface area (Å²) in [4.78, 5) is 18.5. The second-order valence-corrected chi connectivity index (χ2v) is 23.3. The molecule has 18 atom stereocenters. The highest BCUT2D eigenvalue weighted by atomic mass is 32.2. The standard InChI is InChI=1S/C50H86N6O14S/c1-14-39-50(10,62)43(58)33(6)55(12)26-29(2)24-48(8,61)45(31(4)42(32(5)46(60)68-39)69-40-25-49(9,65-13)44(59)34(7)67-40)70-47-41(57)38(23-30(3)66-47)54(11)22-16-15-17-36-28-56(53-52-36)27-35-18-20-37(21-19-35)71(51,63)64/h18-21,28-34,38-45,47,57-59,61-62H,14-17,22-27H2,1-13H3,(H2,51,63,64)/t29-,30-,31+,32-,33-,34+,38+,39-,40+,41-,42+,43-,44+,45-,47+,48-,49-,50-/m1/s1. The third kappa shape index (κ3) is 14.6. The van der Waals surface area contributed by atoms with Crippen LogP contribution in [0.1, 0.15) is 119 Å². The van der Waals surface area contributed by atoms with Crippen molar-refractivity contribution in [1.29, 1.82) is 0 Å². The van der Waals surface area contributed by atoms with Crippen LogP contribution >= 0.6 is 0 Å². The summed E-state index contributed by atoms with van der Waals surface area (Å²) in [7, 11) is 1.50. The fraction of sp³-hybridized carbons (Fsp3) is 0.820. The van der Waals surface area contributed by atoms with Crippen LogP contribution in [0.4, 0.5) is 0 Å². The predicted octanol–water partition coefficient (Wildman–Crippen LogP) is 2.58. The lowest BCUT2D eigenvalue weighted by Crippen LogP contribution is -2.60. The number of esters is 1. The molecule has 1 aromatic heterocycles. The normalized spacial score (nSPS) is 39.7. The predicted molar refractivity (Wildman–Crippen MR) is 263 cm³/mol. The molecule has 3 aliphatic rings. The van der Waals surface area contributed by atoms with Crippen LogP contribution in [0.5, 0.6) is 0 Å². The number of carbonyl (C=O) groups excluding carboxylic acids is 1. The maximum Gasteiger partial charge on any atom is 0.311 e. The molecule has 5 rings (SSSR count). The first kappa shape index (κ1) is 59.1. The van der Waals surface area contributed by atoms with Gasteiger partial charge in [-0.15, -0.1) is 5.10 Å². The number of aromatic nitrogens is 3. The van der Waals surface area contributed by atoms with E-state index >= 15 is 0 Å². The second-order valence-electron chi connectivity index (χ2n) is 21.7. The molecular weight excluding hydrogens is 941 g/mol. The Morgan fingerprint density at radius 3 is 2.24 bits per heavy atom. The summed E-state index contributed by atoms with van der Waals surface area (Å²) in [6.07, 6.45) is -4.92. The number of rotatable bonds is 15. The number of nitrogens with zero attached hydrogens (tertiary/aromatic N) is 5. The summed E-state index contributed by atoms with van der Waals surface area (Å²) in [6, 6.07) is 5.35. The average Bonchev–Trinajstić information content (AvgIpc) is 3.75. The number of aryl methyl sites for hydroxylation is 1. The van der Waals surface area contributed by atoms with E-state index in [-0.39, 0.29) is 42.2 Å². The van der Waals surface area contributed by atoms with E-state index < -0.39 is 106 Å². The second kappa shape index (κ2) is 24.3. The van der Waals surface area contributed by atoms with Crippen molar-refractivity contribution in [3.63, 3.8) is 0 Å². The minimum absolute atomic E-state index is 0.0401. The maximum absolute atomic E-state index is 14.5. The van der Waals surface area contributed by atoms with Crippen molar-refractivity contribution in [3.05, 3.63) is 41.7 Å². The molecule has 4 heterocycles. The van der Waals surface area contributed by atoms with Gasteiger partial charge in [-0.25, -0.2) is 18.2 Å². The number of methoxy groups -OCH3 is 1. The van der Waals surface area contributed by atoms with Gasteiger partial charge in [-0.05, 0) is 131 Å². The number of nitrogens with two attached hydrogens (primary N) is 1. The van der Waals surface area contributed by atoms with E-state index in [1.54, 1.807) is 58.4 Å². The fourth-order valence-corrected chi connectivity index (χ4v) is 11.5. The fourth-order valence-electron chi connectivity index (χ4n) is 11.0. The number of cyclic esters (lactones) is 1. The largest absolute Gasteiger partial charge is 0.459 e. The van der Waals surface area contributed by atoms with Gasteiger partial charge in [0.2, 0.25) is 10.0 Å². The quantitative estimate of drug-likeness (QED) is 0.111. The molecule has 20 nitrogen and oxygen atoms in total. The first-order valence-corrected chi connectivity index (χ1v) is 26.8. The number of likely N-dealkylation sites (N-methyl/N-ethyl adjacent to an activating group) is 2. The van der Waals surface area contributed by atoms with Crippen LogP contribution in [0.15, 0.2) is 35.4 Å². The van der Waals surface area contributed by atoms with E-state index in [0.29, 0.717) is 32.5 Å². The summed E-state index contributed by atoms with van der Waals surface area (Å²) < 4.78 is 63.2. The molecule has 1 aromatic carbocycles. The van der Waals surface area contributed by atoms with Gasteiger partial charge in [0.05, 0.1) is 58.7 Å². The number of sulfonamides is 1. The number of carbonyl (C=O) groups is 1. The Kier molecular flexibility index (Phi) is 20.2. The molecule has 0 bridgehead atoms. The number of primary sulfonamides is 1. The molecule has 406 valence electrons. The highest BCUT2D eigenvalue weighted by Crippen LogP contribution is 2.40. The highest BCUT2D eigenvalue weighted by Gasteiger charge is 2.53. The Morgan fingerprint density at radius 1 is 0.958 bits per heavy atom. The third-order valence-electron chi connectivity index (χ3n) is 15.5. The van der Waals surface area contributed by atoms with Crippen LogP contribution in [-0.4, -0.2) is 189 Å². The molecular formula is C50H86N6O14S. The van der Waals surface area contributed by atoms with E-state index in [9.17, 15) is 38.7 Å². The molecule has 0 amide bonds. The number of benzene rings is 1. The van der Waals surface area contributed by atoms with Crippen molar-refractivity contribution < 1.29 is 67.2 Å². The number of aliphatic hydroxyl groups is 5. The van der Waals surface area contributed by atoms with E-state index in [1.165, 1.54) is 26.2 Å². The lowest BCUT2D eigenvalue weighted by Gasteiger charge is -2.49. The van der Waals surface area contributed by atoms with Gasteiger partial charge >= 0.3 is 5.97 Å². The topological polar surface area (TPSA) is 271 Å². The summed E-state index contributed by atoms with van der Waals surface area (Å²) in [5.74, 6) is -2.79. The van der Waals surface area contributed by atoms with Gasteiger partial charge < -0.3 is 63.8 Å². The van der Waals surface area contributed by atoms with Crippen LogP contribution in [0.2, 0.25) is 0 Å². The van der Waals surface area contributed by atoms with Gasteiger partial charge in [0, 0.05) is 44.3 Å². The third-order valence-corrected chi connectivity index (χ3v) is 16.4. The van der Waals surface area contributed by atoms with Crippen LogP contribution in [-0.2, 0) is 56.2 Å². The zero-order valence-corrected chi connectivity index (χ0v) is 45.1. The molecule has 0 spiro atoms. The summed E-state index contributed by atoms with van der Waals surface area (Å²) >= 11 is 0. The van der Waals surface area contributed by atoms with Crippen LogP contribution in [0, 0.1) is 17.8 Å². The minimum atomic E-state index is -3.79. The Labute approximate surface area is 421 Å². The van der Waals surface area contributed by atoms with Gasteiger partial charge in [-0.2, -0.15) is 0 Å². The lowest BCUT2D eigenvalue weighted by atomic mass is 9.77. The van der Waals surface area contributed by atoms with Crippen LogP contribution < -0.4 is 5.14 Å². The van der Waals surface area contributed by atoms with Crippen molar-refractivity contribution in [2.24, 2.45) is 22.9 Å². The molecule has 0 saturated carbocycles. The van der Waals surface area contributed by atoms with Crippen LogP contribution in [0.3, 0.4) is 0 Å². The van der Waals surface area contributed by atoms with Gasteiger partial charge in [0.25, 0.3) is 0 Å². The van der Waals surface area contributed by atoms with Crippen molar-refractivity contribution in [2.75, 3.05) is 34.3 Å². The Morgan fingerprint density at radius 2 is 1.62 bits per heavy atom. The van der Waals surface area contributed by atoms with Gasteiger partial charge in [-0.1, -0.05) is 38.1 Å². The lowest BCUT2D eigenvalue weighted by molar-refractivity contribution is -0.318. The minimum Gasteiger partial charge on any atom is -0.459 e. The molecule has 0 aliphatic carbocycles. The molecule has 2 aromatic rings. The number of aliphatic hydroxyl groups excluding tert-OH is 3. The van der Waals surface area contributed by atoms with E-state index in [0.717, 1.165) is 24.1 Å². The molecule has 71 heavy (non-hydrogen) atoms. The van der Waals surface area contributed by atoms with Crippen molar-refractivity contribution in [1.82, 2.24) is 24.8 Å². The number of hydrogen-bond acceptors (Lipinski definition) is 18. The molecule has 0 unspecified atom stereocenters. The molecule has 3 aliphatic heterocycles.